The van der Waals surface area contributed by atoms with Crippen LogP contribution in [0.4, 0.5) is 8.78 Å². The van der Waals surface area contributed by atoms with Crippen LogP contribution in [-0.2, 0) is 6.54 Å². The van der Waals surface area contributed by atoms with E-state index in [1.165, 1.54) is 25.0 Å². The van der Waals surface area contributed by atoms with Gasteiger partial charge >= 0.3 is 0 Å². The molecule has 2 rings (SSSR count). The molecule has 1 aromatic carbocycles. The molecule has 0 radical (unpaired) electrons. The maximum absolute atomic E-state index is 12.9. The van der Waals surface area contributed by atoms with Crippen LogP contribution in [0.5, 0.6) is 0 Å². The Morgan fingerprint density at radius 3 is 2.56 bits per heavy atom. The van der Waals surface area contributed by atoms with Gasteiger partial charge in [-0.1, -0.05) is 13.0 Å². The molecular formula is C13H17F2N. The van der Waals surface area contributed by atoms with Gasteiger partial charge in [-0.05, 0) is 42.9 Å². The van der Waals surface area contributed by atoms with Gasteiger partial charge in [0, 0.05) is 12.6 Å². The van der Waals surface area contributed by atoms with Gasteiger partial charge in [-0.25, -0.2) is 8.78 Å². The van der Waals surface area contributed by atoms with Crippen molar-refractivity contribution >= 4 is 0 Å². The summed E-state index contributed by atoms with van der Waals surface area (Å²) in [6.07, 6.45) is 2.50. The molecular weight excluding hydrogens is 208 g/mol. The van der Waals surface area contributed by atoms with Gasteiger partial charge in [0.05, 0.1) is 0 Å². The molecule has 1 aromatic rings. The molecule has 1 aliphatic carbocycles. The first-order valence-electron chi connectivity index (χ1n) is 5.68. The van der Waals surface area contributed by atoms with Crippen molar-refractivity contribution in [1.82, 2.24) is 5.32 Å². The predicted octanol–water partition coefficient (Wildman–Crippen LogP) is 3.24. The van der Waals surface area contributed by atoms with Gasteiger partial charge in [-0.3, -0.25) is 0 Å². The zero-order chi connectivity index (χ0) is 11.8. The highest BCUT2D eigenvalue weighted by molar-refractivity contribution is 5.17. The fourth-order valence-electron chi connectivity index (χ4n) is 1.80. The van der Waals surface area contributed by atoms with Gasteiger partial charge in [0.25, 0.3) is 0 Å². The summed E-state index contributed by atoms with van der Waals surface area (Å²) >= 11 is 0. The van der Waals surface area contributed by atoms with Crippen molar-refractivity contribution in [3.05, 3.63) is 35.4 Å². The Morgan fingerprint density at radius 1 is 1.31 bits per heavy atom. The van der Waals surface area contributed by atoms with E-state index in [9.17, 15) is 8.78 Å². The standard InChI is InChI=1S/C13H17F2N/c1-9(13(2)5-6-13)16-8-10-3-4-11(14)12(15)7-10/h3-4,7,9,16H,5-6,8H2,1-2H3. The van der Waals surface area contributed by atoms with Crippen LogP contribution < -0.4 is 5.32 Å². The molecule has 1 aliphatic rings. The molecule has 0 bridgehead atoms. The highest BCUT2D eigenvalue weighted by Crippen LogP contribution is 2.47. The highest BCUT2D eigenvalue weighted by Gasteiger charge is 2.42. The van der Waals surface area contributed by atoms with Crippen molar-refractivity contribution in [2.75, 3.05) is 0 Å². The maximum Gasteiger partial charge on any atom is 0.159 e. The van der Waals surface area contributed by atoms with Crippen LogP contribution in [0.2, 0.25) is 0 Å². The maximum atomic E-state index is 12.9. The van der Waals surface area contributed by atoms with Crippen molar-refractivity contribution in [2.24, 2.45) is 5.41 Å². The molecule has 0 saturated heterocycles. The van der Waals surface area contributed by atoms with Gasteiger partial charge in [-0.15, -0.1) is 0 Å². The second-order valence-corrected chi connectivity index (χ2v) is 5.01. The average molecular weight is 225 g/mol. The van der Waals surface area contributed by atoms with Crippen molar-refractivity contribution in [2.45, 2.75) is 39.3 Å². The van der Waals surface area contributed by atoms with Gasteiger partial charge in [0.2, 0.25) is 0 Å². The minimum atomic E-state index is -0.786. The zero-order valence-electron chi connectivity index (χ0n) is 9.69. The molecule has 0 heterocycles. The number of hydrogen-bond donors (Lipinski definition) is 1. The second-order valence-electron chi connectivity index (χ2n) is 5.01. The van der Waals surface area contributed by atoms with Gasteiger partial charge in [0.15, 0.2) is 11.6 Å². The minimum absolute atomic E-state index is 0.401. The van der Waals surface area contributed by atoms with Crippen molar-refractivity contribution in [1.29, 1.82) is 0 Å². The fourth-order valence-corrected chi connectivity index (χ4v) is 1.80. The summed E-state index contributed by atoms with van der Waals surface area (Å²) in [7, 11) is 0. The Morgan fingerprint density at radius 2 is 2.00 bits per heavy atom. The molecule has 1 unspecified atom stereocenters. The zero-order valence-corrected chi connectivity index (χ0v) is 9.69. The average Bonchev–Trinajstić information content (AvgIpc) is 2.99. The number of benzene rings is 1. The topological polar surface area (TPSA) is 12.0 Å². The first-order chi connectivity index (χ1) is 7.51. The number of halogens is 2. The lowest BCUT2D eigenvalue weighted by Gasteiger charge is -2.20. The third-order valence-electron chi connectivity index (χ3n) is 3.68. The molecule has 1 fully saturated rings. The molecule has 0 spiro atoms. The third kappa shape index (κ3) is 2.40. The normalized spacial score (nSPS) is 19.5. The van der Waals surface area contributed by atoms with E-state index in [0.717, 1.165) is 5.56 Å². The lowest BCUT2D eigenvalue weighted by atomic mass is 10.0. The molecule has 1 N–H and O–H groups in total. The number of nitrogens with one attached hydrogen (secondary N) is 1. The molecule has 0 amide bonds. The molecule has 0 aromatic heterocycles. The van der Waals surface area contributed by atoms with E-state index in [-0.39, 0.29) is 0 Å². The monoisotopic (exact) mass is 225 g/mol. The largest absolute Gasteiger partial charge is 0.310 e. The van der Waals surface area contributed by atoms with E-state index in [1.54, 1.807) is 6.07 Å². The summed E-state index contributed by atoms with van der Waals surface area (Å²) in [4.78, 5) is 0. The van der Waals surface area contributed by atoms with Crippen molar-refractivity contribution in [3.8, 4) is 0 Å². The van der Waals surface area contributed by atoms with Gasteiger partial charge in [-0.2, -0.15) is 0 Å². The minimum Gasteiger partial charge on any atom is -0.310 e. The van der Waals surface area contributed by atoms with E-state index in [0.29, 0.717) is 18.0 Å². The van der Waals surface area contributed by atoms with Crippen LogP contribution in [0.1, 0.15) is 32.3 Å². The van der Waals surface area contributed by atoms with Gasteiger partial charge < -0.3 is 5.32 Å². The highest BCUT2D eigenvalue weighted by atomic mass is 19.2. The van der Waals surface area contributed by atoms with Crippen molar-refractivity contribution < 1.29 is 8.78 Å². The molecule has 0 aliphatic heterocycles. The molecule has 1 atom stereocenters. The predicted molar refractivity (Wildman–Crippen MR) is 60.0 cm³/mol. The summed E-state index contributed by atoms with van der Waals surface area (Å²) in [5.41, 5.74) is 1.19. The molecule has 16 heavy (non-hydrogen) atoms. The van der Waals surface area contributed by atoms with E-state index in [2.05, 4.69) is 19.2 Å². The summed E-state index contributed by atoms with van der Waals surface area (Å²) < 4.78 is 25.6. The van der Waals surface area contributed by atoms with Crippen LogP contribution in [0.25, 0.3) is 0 Å². The Bertz CT molecular complexity index is 386. The fraction of sp³-hybridized carbons (Fsp3) is 0.538. The first-order valence-corrected chi connectivity index (χ1v) is 5.68. The van der Waals surface area contributed by atoms with E-state index in [1.807, 2.05) is 0 Å². The lowest BCUT2D eigenvalue weighted by Crippen LogP contribution is -2.32. The Hall–Kier alpha value is -0.960. The quantitative estimate of drug-likeness (QED) is 0.829. The second kappa shape index (κ2) is 4.13. The number of rotatable bonds is 4. The van der Waals surface area contributed by atoms with E-state index in [4.69, 9.17) is 0 Å². The molecule has 88 valence electrons. The van der Waals surface area contributed by atoms with Crippen LogP contribution in [0.3, 0.4) is 0 Å². The van der Waals surface area contributed by atoms with Crippen LogP contribution in [0.15, 0.2) is 18.2 Å². The Balaban J connectivity index is 1.92. The summed E-state index contributed by atoms with van der Waals surface area (Å²) in [6.45, 7) is 4.98. The first kappa shape index (κ1) is 11.5. The SMILES string of the molecule is CC(NCc1ccc(F)c(F)c1)C1(C)CC1. The van der Waals surface area contributed by atoms with Crippen LogP contribution >= 0.6 is 0 Å². The summed E-state index contributed by atoms with van der Waals surface area (Å²) in [5.74, 6) is -1.56. The summed E-state index contributed by atoms with van der Waals surface area (Å²) in [6, 6.07) is 4.47. The molecule has 3 heteroatoms. The smallest absolute Gasteiger partial charge is 0.159 e. The van der Waals surface area contributed by atoms with Crippen LogP contribution in [0, 0.1) is 17.0 Å². The Kier molecular flexibility index (Phi) is 2.98. The molecule has 1 nitrogen and oxygen atoms in total. The van der Waals surface area contributed by atoms with E-state index < -0.39 is 11.6 Å². The number of hydrogen-bond acceptors (Lipinski definition) is 1. The molecule has 1 saturated carbocycles. The summed E-state index contributed by atoms with van der Waals surface area (Å²) in [5, 5.41) is 3.36. The van der Waals surface area contributed by atoms with Crippen molar-refractivity contribution in [3.63, 3.8) is 0 Å². The Labute approximate surface area is 94.9 Å². The van der Waals surface area contributed by atoms with E-state index >= 15 is 0 Å². The van der Waals surface area contributed by atoms with Gasteiger partial charge in [0.1, 0.15) is 0 Å². The lowest BCUT2D eigenvalue weighted by molar-refractivity contribution is 0.379. The third-order valence-corrected chi connectivity index (χ3v) is 3.68. The van der Waals surface area contributed by atoms with Crippen LogP contribution in [-0.4, -0.2) is 6.04 Å².